The van der Waals surface area contributed by atoms with Crippen molar-refractivity contribution in [1.82, 2.24) is 9.80 Å². The van der Waals surface area contributed by atoms with Crippen LogP contribution in [0.3, 0.4) is 0 Å². The zero-order valence-electron chi connectivity index (χ0n) is 15.1. The van der Waals surface area contributed by atoms with Crippen molar-refractivity contribution in [2.45, 2.75) is 19.2 Å². The molecule has 6 nitrogen and oxygen atoms in total. The predicted molar refractivity (Wildman–Crippen MR) is 106 cm³/mol. The minimum absolute atomic E-state index is 0.0498. The molecular weight excluding hydrogens is 403 g/mol. The second-order valence-corrected chi connectivity index (χ2v) is 7.39. The van der Waals surface area contributed by atoms with Crippen molar-refractivity contribution in [3.63, 3.8) is 0 Å². The fraction of sp³-hybridized carbons (Fsp3) is 0.300. The van der Waals surface area contributed by atoms with Gasteiger partial charge in [-0.2, -0.15) is 0 Å². The number of carbonyl (C=O) groups excluding carboxylic acids is 1. The van der Waals surface area contributed by atoms with Crippen LogP contribution in [0.2, 0.25) is 10.0 Å². The first-order chi connectivity index (χ1) is 13.4. The number of ether oxygens (including phenoxy) is 1. The van der Waals surface area contributed by atoms with Gasteiger partial charge in [0.15, 0.2) is 0 Å². The fourth-order valence-electron chi connectivity index (χ4n) is 3.09. The summed E-state index contributed by atoms with van der Waals surface area (Å²) in [5, 5.41) is 10.6. The lowest BCUT2D eigenvalue weighted by Gasteiger charge is -2.38. The molecule has 2 aromatic carbocycles. The largest absolute Gasteiger partial charge is 0.480 e. The SMILES string of the molecule is O=C(O)[C@H]1CN(C(=O)OCc2ccccc2)CCN1Cc1ccc(Cl)cc1Cl. The third-order valence-corrected chi connectivity index (χ3v) is 5.22. The van der Waals surface area contributed by atoms with Crippen molar-refractivity contribution in [3.05, 3.63) is 69.7 Å². The molecule has 28 heavy (non-hydrogen) atoms. The number of piperazine rings is 1. The van der Waals surface area contributed by atoms with E-state index in [-0.39, 0.29) is 13.2 Å². The molecule has 1 saturated heterocycles. The van der Waals surface area contributed by atoms with Crippen LogP contribution in [0.1, 0.15) is 11.1 Å². The van der Waals surface area contributed by atoms with Gasteiger partial charge in [-0.1, -0.05) is 59.6 Å². The number of carboxylic acids is 1. The van der Waals surface area contributed by atoms with Crippen LogP contribution < -0.4 is 0 Å². The molecule has 1 aliphatic heterocycles. The molecular formula is C20H20Cl2N2O4. The van der Waals surface area contributed by atoms with Gasteiger partial charge < -0.3 is 14.7 Å². The number of carboxylic acid groups (broad SMARTS) is 1. The number of hydrogen-bond acceptors (Lipinski definition) is 4. The highest BCUT2D eigenvalue weighted by Crippen LogP contribution is 2.24. The molecule has 0 spiro atoms. The molecule has 1 fully saturated rings. The van der Waals surface area contributed by atoms with E-state index in [1.807, 2.05) is 30.3 Å². The third-order valence-electron chi connectivity index (χ3n) is 4.63. The topological polar surface area (TPSA) is 70.1 Å². The first kappa shape index (κ1) is 20.5. The maximum atomic E-state index is 12.4. The molecule has 8 heteroatoms. The van der Waals surface area contributed by atoms with E-state index in [4.69, 9.17) is 27.9 Å². The molecule has 1 heterocycles. The van der Waals surface area contributed by atoms with E-state index in [9.17, 15) is 14.7 Å². The number of hydrogen-bond donors (Lipinski definition) is 1. The van der Waals surface area contributed by atoms with Crippen LogP contribution in [-0.2, 0) is 22.7 Å². The van der Waals surface area contributed by atoms with Crippen molar-refractivity contribution >= 4 is 35.3 Å². The highest BCUT2D eigenvalue weighted by molar-refractivity contribution is 6.35. The Morgan fingerprint density at radius 2 is 1.86 bits per heavy atom. The van der Waals surface area contributed by atoms with Gasteiger partial charge in [0.25, 0.3) is 0 Å². The monoisotopic (exact) mass is 422 g/mol. The zero-order chi connectivity index (χ0) is 20.1. The Morgan fingerprint density at radius 3 is 2.54 bits per heavy atom. The van der Waals surface area contributed by atoms with Crippen LogP contribution in [-0.4, -0.2) is 52.6 Å². The lowest BCUT2D eigenvalue weighted by Crippen LogP contribution is -2.57. The number of nitrogens with zero attached hydrogens (tertiary/aromatic N) is 2. The number of amides is 1. The Labute approximate surface area is 173 Å². The predicted octanol–water partition coefficient (Wildman–Crippen LogP) is 3.90. The number of halogens is 2. The van der Waals surface area contributed by atoms with E-state index < -0.39 is 18.1 Å². The molecule has 1 N–H and O–H groups in total. The van der Waals surface area contributed by atoms with Gasteiger partial charge in [0.05, 0.1) is 6.54 Å². The summed E-state index contributed by atoms with van der Waals surface area (Å²) >= 11 is 12.1. The summed E-state index contributed by atoms with van der Waals surface area (Å²) in [6, 6.07) is 13.6. The van der Waals surface area contributed by atoms with Gasteiger partial charge in [0, 0.05) is 29.7 Å². The minimum atomic E-state index is -0.995. The zero-order valence-corrected chi connectivity index (χ0v) is 16.6. The lowest BCUT2D eigenvalue weighted by atomic mass is 10.1. The highest BCUT2D eigenvalue weighted by atomic mass is 35.5. The molecule has 0 radical (unpaired) electrons. The van der Waals surface area contributed by atoms with Gasteiger partial charge >= 0.3 is 12.1 Å². The fourth-order valence-corrected chi connectivity index (χ4v) is 3.56. The summed E-state index contributed by atoms with van der Waals surface area (Å²) < 4.78 is 5.32. The molecule has 1 amide bonds. The minimum Gasteiger partial charge on any atom is -0.480 e. The molecule has 0 saturated carbocycles. The normalized spacial score (nSPS) is 17.4. The van der Waals surface area contributed by atoms with E-state index in [0.717, 1.165) is 11.1 Å². The van der Waals surface area contributed by atoms with Crippen LogP contribution in [0.5, 0.6) is 0 Å². The van der Waals surface area contributed by atoms with Crippen LogP contribution in [0, 0.1) is 0 Å². The molecule has 2 aromatic rings. The van der Waals surface area contributed by atoms with E-state index in [0.29, 0.717) is 29.7 Å². The molecule has 0 aromatic heterocycles. The summed E-state index contributed by atoms with van der Waals surface area (Å²) in [5.41, 5.74) is 1.67. The number of carbonyl (C=O) groups is 2. The van der Waals surface area contributed by atoms with Crippen LogP contribution in [0.25, 0.3) is 0 Å². The van der Waals surface area contributed by atoms with Crippen molar-refractivity contribution < 1.29 is 19.4 Å². The Hall–Kier alpha value is -2.28. The molecule has 1 atom stereocenters. The summed E-state index contributed by atoms with van der Waals surface area (Å²) in [6.45, 7) is 1.34. The Balaban J connectivity index is 1.61. The molecule has 0 unspecified atom stereocenters. The summed E-state index contributed by atoms with van der Waals surface area (Å²) in [7, 11) is 0. The van der Waals surface area contributed by atoms with Gasteiger partial charge in [0.1, 0.15) is 12.6 Å². The maximum Gasteiger partial charge on any atom is 0.410 e. The van der Waals surface area contributed by atoms with Crippen LogP contribution in [0.15, 0.2) is 48.5 Å². The van der Waals surface area contributed by atoms with Gasteiger partial charge in [0.2, 0.25) is 0 Å². The third kappa shape index (κ3) is 5.16. The number of aliphatic carboxylic acids is 1. The molecule has 0 aliphatic carbocycles. The first-order valence-electron chi connectivity index (χ1n) is 8.80. The van der Waals surface area contributed by atoms with Crippen LogP contribution in [0.4, 0.5) is 4.79 Å². The van der Waals surface area contributed by atoms with Gasteiger partial charge in [-0.15, -0.1) is 0 Å². The Kier molecular flexibility index (Phi) is 6.78. The average molecular weight is 423 g/mol. The molecule has 0 bridgehead atoms. The van der Waals surface area contributed by atoms with Crippen molar-refractivity contribution in [1.29, 1.82) is 0 Å². The van der Waals surface area contributed by atoms with Crippen molar-refractivity contribution in [2.75, 3.05) is 19.6 Å². The summed E-state index contributed by atoms with van der Waals surface area (Å²) in [4.78, 5) is 27.3. The van der Waals surface area contributed by atoms with Crippen molar-refractivity contribution in [2.24, 2.45) is 0 Å². The molecule has 3 rings (SSSR count). The standard InChI is InChI=1S/C20H20Cl2N2O4/c21-16-7-6-15(17(22)10-16)11-23-8-9-24(12-18(23)19(25)26)20(27)28-13-14-4-2-1-3-5-14/h1-7,10,18H,8-9,11-13H2,(H,25,26)/t18-/m1/s1. The average Bonchev–Trinajstić information content (AvgIpc) is 2.69. The highest BCUT2D eigenvalue weighted by Gasteiger charge is 2.35. The summed E-state index contributed by atoms with van der Waals surface area (Å²) in [5.74, 6) is -0.995. The smallest absolute Gasteiger partial charge is 0.410 e. The second-order valence-electron chi connectivity index (χ2n) is 6.55. The summed E-state index contributed by atoms with van der Waals surface area (Å²) in [6.07, 6.45) is -0.515. The number of benzene rings is 2. The van der Waals surface area contributed by atoms with Gasteiger partial charge in [-0.05, 0) is 23.3 Å². The van der Waals surface area contributed by atoms with Crippen LogP contribution >= 0.6 is 23.2 Å². The lowest BCUT2D eigenvalue weighted by molar-refractivity contribution is -0.145. The Morgan fingerprint density at radius 1 is 1.11 bits per heavy atom. The van der Waals surface area contributed by atoms with Gasteiger partial charge in [-0.25, -0.2) is 4.79 Å². The first-order valence-corrected chi connectivity index (χ1v) is 9.56. The number of rotatable bonds is 5. The van der Waals surface area contributed by atoms with E-state index >= 15 is 0 Å². The molecule has 148 valence electrons. The quantitative estimate of drug-likeness (QED) is 0.790. The van der Waals surface area contributed by atoms with E-state index in [1.165, 1.54) is 4.90 Å². The van der Waals surface area contributed by atoms with Gasteiger partial charge in [-0.3, -0.25) is 9.69 Å². The van der Waals surface area contributed by atoms with E-state index in [1.54, 1.807) is 23.1 Å². The van der Waals surface area contributed by atoms with Crippen molar-refractivity contribution in [3.8, 4) is 0 Å². The van der Waals surface area contributed by atoms with E-state index in [2.05, 4.69) is 0 Å². The second kappa shape index (κ2) is 9.28. The maximum absolute atomic E-state index is 12.4. The Bertz CT molecular complexity index is 847. The molecule has 1 aliphatic rings.